The van der Waals surface area contributed by atoms with Crippen molar-refractivity contribution >= 4 is 7.82 Å². The monoisotopic (exact) mass is 263 g/mol. The first-order valence-corrected chi connectivity index (χ1v) is 6.20. The zero-order valence-corrected chi connectivity index (χ0v) is 11.1. The minimum absolute atomic E-state index is 0.625. The molecular weight excluding hydrogens is 245 g/mol. The van der Waals surface area contributed by atoms with Crippen molar-refractivity contribution in [1.29, 1.82) is 15.8 Å². The Hall–Kier alpha value is -1.42. The molecular formula is C9H18N3O4P. The summed E-state index contributed by atoms with van der Waals surface area (Å²) < 4.78 is 8.88. The molecule has 0 aromatic rings. The number of hydrogen-bond acceptors (Lipinski definition) is 4. The van der Waals surface area contributed by atoms with E-state index >= 15 is 0 Å². The first-order valence-electron chi connectivity index (χ1n) is 4.64. The van der Waals surface area contributed by atoms with E-state index in [9.17, 15) is 0 Å². The lowest BCUT2D eigenvalue weighted by Crippen LogP contribution is -1.66. The van der Waals surface area contributed by atoms with Crippen LogP contribution in [0.5, 0.6) is 0 Å². The molecule has 0 saturated carbocycles. The lowest BCUT2D eigenvalue weighted by molar-refractivity contribution is 0.275. The summed E-state index contributed by atoms with van der Waals surface area (Å²) in [7, 11) is -4.64. The van der Waals surface area contributed by atoms with Crippen LogP contribution in [0.25, 0.3) is 0 Å². The van der Waals surface area contributed by atoms with Gasteiger partial charge in [0.2, 0.25) is 0 Å². The van der Waals surface area contributed by atoms with Gasteiger partial charge < -0.3 is 14.7 Å². The van der Waals surface area contributed by atoms with Gasteiger partial charge in [-0.15, -0.1) is 0 Å². The zero-order chi connectivity index (χ0) is 14.7. The van der Waals surface area contributed by atoms with Gasteiger partial charge >= 0.3 is 7.82 Å². The van der Waals surface area contributed by atoms with E-state index in [1.165, 1.54) is 0 Å². The van der Waals surface area contributed by atoms with Crippen LogP contribution in [0.15, 0.2) is 0 Å². The maximum atomic E-state index is 8.88. The van der Waals surface area contributed by atoms with Crippen LogP contribution in [-0.4, -0.2) is 14.7 Å². The summed E-state index contributed by atoms with van der Waals surface area (Å²) in [6, 6.07) is 5.79. The molecule has 0 rings (SSSR count). The fourth-order valence-corrected chi connectivity index (χ4v) is 0. The number of phosphoric acid groups is 1. The van der Waals surface area contributed by atoms with Gasteiger partial charge in [0.25, 0.3) is 0 Å². The zero-order valence-electron chi connectivity index (χ0n) is 10.2. The SMILES string of the molecule is CCC#N.CCC#N.CCC#N.O=P(O)(O)O. The minimum atomic E-state index is -4.64. The smallest absolute Gasteiger partial charge is 0.303 e. The fourth-order valence-electron chi connectivity index (χ4n) is 0. The van der Waals surface area contributed by atoms with Gasteiger partial charge in [-0.1, -0.05) is 20.8 Å². The van der Waals surface area contributed by atoms with Crippen LogP contribution in [0, 0.1) is 34.0 Å². The molecule has 17 heavy (non-hydrogen) atoms. The van der Waals surface area contributed by atoms with E-state index in [4.69, 9.17) is 35.0 Å². The largest absolute Gasteiger partial charge is 0.466 e. The molecule has 0 atom stereocenters. The Morgan fingerprint density at radius 2 is 0.882 bits per heavy atom. The second-order valence-corrected chi connectivity index (χ2v) is 3.07. The highest BCUT2D eigenvalue weighted by molar-refractivity contribution is 7.45. The van der Waals surface area contributed by atoms with E-state index in [0.29, 0.717) is 19.3 Å². The summed E-state index contributed by atoms with van der Waals surface area (Å²) in [5.41, 5.74) is 0. The van der Waals surface area contributed by atoms with Crippen molar-refractivity contribution in [2.45, 2.75) is 40.0 Å². The van der Waals surface area contributed by atoms with Crippen LogP contribution in [0.2, 0.25) is 0 Å². The van der Waals surface area contributed by atoms with Crippen LogP contribution in [0.3, 0.4) is 0 Å². The summed E-state index contributed by atoms with van der Waals surface area (Å²) in [5.74, 6) is 0. The normalized spacial score (nSPS) is 7.00. The minimum Gasteiger partial charge on any atom is -0.303 e. The second kappa shape index (κ2) is 24.0. The topological polar surface area (TPSA) is 149 Å². The molecule has 0 aromatic heterocycles. The maximum absolute atomic E-state index is 8.88. The van der Waals surface area contributed by atoms with Crippen molar-refractivity contribution in [3.8, 4) is 18.2 Å². The molecule has 3 N–H and O–H groups in total. The van der Waals surface area contributed by atoms with Crippen LogP contribution < -0.4 is 0 Å². The molecule has 0 saturated heterocycles. The summed E-state index contributed by atoms with van der Waals surface area (Å²) in [4.78, 5) is 21.6. The van der Waals surface area contributed by atoms with Crippen molar-refractivity contribution in [1.82, 2.24) is 0 Å². The molecule has 0 aromatic carbocycles. The number of hydrogen-bond donors (Lipinski definition) is 3. The maximum Gasteiger partial charge on any atom is 0.466 e. The Balaban J connectivity index is -0.0000000667. The van der Waals surface area contributed by atoms with Crippen molar-refractivity contribution in [2.75, 3.05) is 0 Å². The number of nitrogens with zero attached hydrogens (tertiary/aromatic N) is 3. The third kappa shape index (κ3) is 924. The number of nitriles is 3. The molecule has 0 aliphatic carbocycles. The van der Waals surface area contributed by atoms with E-state index < -0.39 is 7.82 Å². The van der Waals surface area contributed by atoms with Gasteiger partial charge in [0.15, 0.2) is 0 Å². The highest BCUT2D eigenvalue weighted by Crippen LogP contribution is 2.25. The van der Waals surface area contributed by atoms with Crippen LogP contribution in [0.1, 0.15) is 40.0 Å². The molecule has 0 spiro atoms. The van der Waals surface area contributed by atoms with Gasteiger partial charge in [0.1, 0.15) is 0 Å². The van der Waals surface area contributed by atoms with Crippen LogP contribution in [0.4, 0.5) is 0 Å². The lowest BCUT2D eigenvalue weighted by atomic mass is 10.6. The van der Waals surface area contributed by atoms with Gasteiger partial charge in [-0.25, -0.2) is 4.57 Å². The predicted octanol–water partition coefficient (Wildman–Crippen LogP) is 1.83. The standard InChI is InChI=1S/3C3H5N.H3O4P/c3*1-2-3-4;1-5(2,3)4/h3*2H2,1H3;(H3,1,2,3,4). The Labute approximate surface area is 102 Å². The van der Waals surface area contributed by atoms with Gasteiger partial charge in [-0.05, 0) is 0 Å². The van der Waals surface area contributed by atoms with Crippen molar-refractivity contribution < 1.29 is 19.2 Å². The highest BCUT2D eigenvalue weighted by Gasteiger charge is 2.00. The first kappa shape index (κ1) is 24.7. The molecule has 0 fully saturated rings. The lowest BCUT2D eigenvalue weighted by Gasteiger charge is -1.82. The third-order valence-electron chi connectivity index (χ3n) is 0.474. The van der Waals surface area contributed by atoms with E-state index in [1.807, 2.05) is 39.0 Å². The van der Waals surface area contributed by atoms with Crippen LogP contribution >= 0.6 is 7.82 Å². The van der Waals surface area contributed by atoms with Gasteiger partial charge in [-0.2, -0.15) is 15.8 Å². The van der Waals surface area contributed by atoms with E-state index in [2.05, 4.69) is 0 Å². The molecule has 0 unspecified atom stereocenters. The Morgan fingerprint density at radius 3 is 0.882 bits per heavy atom. The van der Waals surface area contributed by atoms with Crippen molar-refractivity contribution in [3.05, 3.63) is 0 Å². The van der Waals surface area contributed by atoms with E-state index in [1.54, 1.807) is 0 Å². The summed E-state index contributed by atoms with van der Waals surface area (Å²) in [6.45, 7) is 5.46. The molecule has 0 amide bonds. The average Bonchev–Trinajstić information content (AvgIpc) is 2.27. The fraction of sp³-hybridized carbons (Fsp3) is 0.667. The molecule has 98 valence electrons. The van der Waals surface area contributed by atoms with E-state index in [-0.39, 0.29) is 0 Å². The van der Waals surface area contributed by atoms with Gasteiger partial charge in [-0.3, -0.25) is 0 Å². The third-order valence-corrected chi connectivity index (χ3v) is 0.474. The second-order valence-electron chi connectivity index (χ2n) is 2.05. The average molecular weight is 263 g/mol. The van der Waals surface area contributed by atoms with Crippen molar-refractivity contribution in [3.63, 3.8) is 0 Å². The molecule has 0 radical (unpaired) electrons. The summed E-state index contributed by atoms with van der Waals surface area (Å²) in [6.07, 6.45) is 1.88. The molecule has 0 aliphatic heterocycles. The van der Waals surface area contributed by atoms with Gasteiger partial charge in [0, 0.05) is 19.3 Å². The Morgan fingerprint density at radius 1 is 0.824 bits per heavy atom. The Kier molecular flexibility index (Phi) is 34.9. The summed E-state index contributed by atoms with van der Waals surface area (Å²) in [5, 5.41) is 22.9. The molecule has 8 heteroatoms. The first-order chi connectivity index (χ1) is 7.74. The highest BCUT2D eigenvalue weighted by atomic mass is 31.2. The molecule has 0 heterocycles. The van der Waals surface area contributed by atoms with E-state index in [0.717, 1.165) is 0 Å². The summed E-state index contributed by atoms with van der Waals surface area (Å²) >= 11 is 0. The number of rotatable bonds is 0. The van der Waals surface area contributed by atoms with Crippen LogP contribution in [-0.2, 0) is 4.57 Å². The molecule has 0 bridgehead atoms. The molecule has 7 nitrogen and oxygen atoms in total. The van der Waals surface area contributed by atoms with Crippen molar-refractivity contribution in [2.24, 2.45) is 0 Å². The van der Waals surface area contributed by atoms with Gasteiger partial charge in [0.05, 0.1) is 18.2 Å². The quantitative estimate of drug-likeness (QED) is 0.564. The Bertz CT molecular complexity index is 253. The predicted molar refractivity (Wildman–Crippen MR) is 62.0 cm³/mol. The molecule has 0 aliphatic rings.